The van der Waals surface area contributed by atoms with Gasteiger partial charge < -0.3 is 28.9 Å². The Bertz CT molecular complexity index is 933. The summed E-state index contributed by atoms with van der Waals surface area (Å²) in [4.78, 5) is 35.8. The number of rotatable bonds is 11. The molecule has 2 aromatic heterocycles. The van der Waals surface area contributed by atoms with Gasteiger partial charge in [0.15, 0.2) is 17.0 Å². The van der Waals surface area contributed by atoms with E-state index in [2.05, 4.69) is 20.3 Å². The lowest BCUT2D eigenvalue weighted by molar-refractivity contribution is -0.164. The van der Waals surface area contributed by atoms with Crippen LogP contribution in [0.3, 0.4) is 0 Å². The normalized spacial score (nSPS) is 21.4. The number of hydrogen-bond donors (Lipinski definition) is 2. The van der Waals surface area contributed by atoms with Crippen LogP contribution < -0.4 is 5.32 Å². The van der Waals surface area contributed by atoms with Crippen LogP contribution >= 0.6 is 20.0 Å². The molecule has 0 aliphatic carbocycles. The first-order valence-corrected chi connectivity index (χ1v) is 12.2. The van der Waals surface area contributed by atoms with Gasteiger partial charge in [0.2, 0.25) is 19.0 Å². The lowest BCUT2D eigenvalue weighted by Gasteiger charge is -2.31. The quantitative estimate of drug-likeness (QED) is 0.275. The lowest BCUT2D eigenvalue weighted by Crippen LogP contribution is -2.40. The van der Waals surface area contributed by atoms with E-state index in [4.69, 9.17) is 30.3 Å². The van der Waals surface area contributed by atoms with Crippen LogP contribution in [-0.4, -0.2) is 68.2 Å². The van der Waals surface area contributed by atoms with Gasteiger partial charge in [-0.05, 0) is 52.1 Å². The summed E-state index contributed by atoms with van der Waals surface area (Å²) in [7, 11) is -2.19. The standard InChI is InChI=1S/C19H29ClN5O6P/c1-5-21-15-14-16(24-18(20)23-15)25(11-22-14)13-9-8-12(31-13)10-29-19(4,17(26)28-6-2)32(27)30-7-3/h11-13,27H,5-10H2,1-4H3,(H,21,23,24). The van der Waals surface area contributed by atoms with Crippen LogP contribution in [0.25, 0.3) is 11.2 Å². The second kappa shape index (κ2) is 11.0. The molecule has 11 nitrogen and oxygen atoms in total. The highest BCUT2D eigenvalue weighted by Gasteiger charge is 2.46. The number of carbonyl (C=O) groups excluding carboxylic acids is 1. The fraction of sp³-hybridized carbons (Fsp3) is 0.684. The highest BCUT2D eigenvalue weighted by molar-refractivity contribution is 7.49. The maximum absolute atomic E-state index is 12.4. The lowest BCUT2D eigenvalue weighted by atomic mass is 10.2. The van der Waals surface area contributed by atoms with Gasteiger partial charge in [-0.2, -0.15) is 9.97 Å². The van der Waals surface area contributed by atoms with E-state index in [0.29, 0.717) is 36.4 Å². The Labute approximate surface area is 192 Å². The molecule has 1 fully saturated rings. The fourth-order valence-corrected chi connectivity index (χ4v) is 4.42. The van der Waals surface area contributed by atoms with Crippen molar-refractivity contribution in [2.24, 2.45) is 0 Å². The molecule has 0 spiro atoms. The Hall–Kier alpha value is -1.62. The molecule has 1 saturated heterocycles. The van der Waals surface area contributed by atoms with Gasteiger partial charge in [0.05, 0.1) is 32.3 Å². The van der Waals surface area contributed by atoms with Gasteiger partial charge in [-0.3, -0.25) is 4.57 Å². The van der Waals surface area contributed by atoms with Crippen LogP contribution in [-0.2, 0) is 23.5 Å². The van der Waals surface area contributed by atoms with Gasteiger partial charge >= 0.3 is 5.97 Å². The van der Waals surface area contributed by atoms with E-state index in [-0.39, 0.29) is 37.4 Å². The minimum absolute atomic E-state index is 0.0866. The topological polar surface area (TPSA) is 130 Å². The van der Waals surface area contributed by atoms with Crippen molar-refractivity contribution >= 4 is 42.9 Å². The van der Waals surface area contributed by atoms with Gasteiger partial charge in [-0.15, -0.1) is 0 Å². The van der Waals surface area contributed by atoms with Crippen molar-refractivity contribution in [3.63, 3.8) is 0 Å². The number of fused-ring (bicyclic) bond motifs is 1. The molecule has 1 aliphatic heterocycles. The number of carbonyl (C=O) groups is 1. The molecule has 4 atom stereocenters. The first kappa shape index (κ1) is 25.0. The van der Waals surface area contributed by atoms with E-state index in [0.717, 1.165) is 0 Å². The molecule has 178 valence electrons. The summed E-state index contributed by atoms with van der Waals surface area (Å²) in [5.41, 5.74) is 1.18. The van der Waals surface area contributed by atoms with E-state index in [9.17, 15) is 9.69 Å². The van der Waals surface area contributed by atoms with E-state index in [1.54, 1.807) is 20.2 Å². The van der Waals surface area contributed by atoms with Crippen LogP contribution in [0, 0.1) is 0 Å². The Morgan fingerprint density at radius 1 is 1.38 bits per heavy atom. The van der Waals surface area contributed by atoms with E-state index < -0.39 is 19.7 Å². The number of nitrogens with one attached hydrogen (secondary N) is 1. The maximum atomic E-state index is 12.4. The van der Waals surface area contributed by atoms with Crippen LogP contribution in [0.5, 0.6) is 0 Å². The SMILES string of the molecule is CCNc1nc(Cl)nc2c1ncn2C1CCC(COC(C)(C(=O)OCC)P(O)OCC)O1. The van der Waals surface area contributed by atoms with E-state index >= 15 is 0 Å². The Morgan fingerprint density at radius 3 is 2.84 bits per heavy atom. The first-order valence-electron chi connectivity index (χ1n) is 10.6. The smallest absolute Gasteiger partial charge is 0.347 e. The molecule has 13 heteroatoms. The summed E-state index contributed by atoms with van der Waals surface area (Å²) in [6.07, 6.45) is 2.38. The third-order valence-corrected chi connectivity index (χ3v) is 6.67. The number of esters is 1. The summed E-state index contributed by atoms with van der Waals surface area (Å²) in [5, 5.41) is 1.64. The minimum atomic E-state index is -2.19. The second-order valence-electron chi connectivity index (χ2n) is 7.19. The number of aromatic nitrogens is 4. The molecule has 2 aromatic rings. The number of nitrogens with zero attached hydrogens (tertiary/aromatic N) is 4. The van der Waals surface area contributed by atoms with Gasteiger partial charge in [0.1, 0.15) is 6.23 Å². The number of halogens is 1. The first-order chi connectivity index (χ1) is 15.3. The predicted octanol–water partition coefficient (Wildman–Crippen LogP) is 3.23. The van der Waals surface area contributed by atoms with Gasteiger partial charge in [0, 0.05) is 6.54 Å². The average molecular weight is 490 g/mol. The minimum Gasteiger partial charge on any atom is -0.463 e. The summed E-state index contributed by atoms with van der Waals surface area (Å²) < 4.78 is 24.1. The summed E-state index contributed by atoms with van der Waals surface area (Å²) in [5.74, 6) is -0.101. The molecule has 0 bridgehead atoms. The van der Waals surface area contributed by atoms with Gasteiger partial charge in [0.25, 0.3) is 0 Å². The van der Waals surface area contributed by atoms with Crippen molar-refractivity contribution in [1.29, 1.82) is 0 Å². The monoisotopic (exact) mass is 489 g/mol. The maximum Gasteiger partial charge on any atom is 0.347 e. The largest absolute Gasteiger partial charge is 0.463 e. The van der Waals surface area contributed by atoms with Crippen LogP contribution in [0.4, 0.5) is 5.82 Å². The molecule has 0 radical (unpaired) electrons. The van der Waals surface area contributed by atoms with Crippen molar-refractivity contribution in [3.8, 4) is 0 Å². The van der Waals surface area contributed by atoms with Crippen molar-refractivity contribution < 1.29 is 28.4 Å². The number of anilines is 1. The molecule has 32 heavy (non-hydrogen) atoms. The van der Waals surface area contributed by atoms with Crippen LogP contribution in [0.1, 0.15) is 46.8 Å². The zero-order valence-electron chi connectivity index (χ0n) is 18.6. The van der Waals surface area contributed by atoms with Crippen molar-refractivity contribution in [3.05, 3.63) is 11.6 Å². The molecule has 0 amide bonds. The molecule has 0 aromatic carbocycles. The van der Waals surface area contributed by atoms with Crippen LogP contribution in [0.15, 0.2) is 6.33 Å². The summed E-state index contributed by atoms with van der Waals surface area (Å²) in [6.45, 7) is 8.02. The predicted molar refractivity (Wildman–Crippen MR) is 119 cm³/mol. The molecule has 2 N–H and O–H groups in total. The van der Waals surface area contributed by atoms with E-state index in [1.165, 1.54) is 6.92 Å². The summed E-state index contributed by atoms with van der Waals surface area (Å²) in [6, 6.07) is 0. The van der Waals surface area contributed by atoms with Crippen molar-refractivity contribution in [2.45, 2.75) is 58.2 Å². The summed E-state index contributed by atoms with van der Waals surface area (Å²) >= 11 is 6.09. The highest BCUT2D eigenvalue weighted by atomic mass is 35.5. The number of imidazole rings is 1. The Kier molecular flexibility index (Phi) is 8.60. The average Bonchev–Trinajstić information content (AvgIpc) is 3.39. The zero-order valence-corrected chi connectivity index (χ0v) is 20.2. The Morgan fingerprint density at radius 2 is 2.16 bits per heavy atom. The second-order valence-corrected chi connectivity index (χ2v) is 9.19. The molecule has 4 unspecified atom stereocenters. The van der Waals surface area contributed by atoms with E-state index in [1.807, 2.05) is 11.5 Å². The molecular weight excluding hydrogens is 461 g/mol. The molecule has 0 saturated carbocycles. The fourth-order valence-electron chi connectivity index (χ4n) is 3.36. The van der Waals surface area contributed by atoms with Gasteiger partial charge in [-0.1, -0.05) is 0 Å². The molecule has 3 heterocycles. The van der Waals surface area contributed by atoms with Crippen LogP contribution in [0.2, 0.25) is 5.28 Å². The highest BCUT2D eigenvalue weighted by Crippen LogP contribution is 2.49. The van der Waals surface area contributed by atoms with Crippen molar-refractivity contribution in [2.75, 3.05) is 31.7 Å². The Balaban J connectivity index is 1.71. The van der Waals surface area contributed by atoms with Gasteiger partial charge in [-0.25, -0.2) is 9.78 Å². The molecule has 1 aliphatic rings. The zero-order chi connectivity index (χ0) is 23.3. The van der Waals surface area contributed by atoms with Crippen molar-refractivity contribution in [1.82, 2.24) is 19.5 Å². The number of hydrogen-bond acceptors (Lipinski definition) is 10. The third-order valence-electron chi connectivity index (χ3n) is 4.95. The third kappa shape index (κ3) is 5.30. The number of ether oxygens (including phenoxy) is 3. The molecular formula is C19H29ClN5O6P. The molecule has 3 rings (SSSR count).